The Balaban J connectivity index is 1.23. The maximum absolute atomic E-state index is 2.75. The molecule has 0 aromatic heterocycles. The van der Waals surface area contributed by atoms with E-state index in [-0.39, 0.29) is 0 Å². The lowest BCUT2D eigenvalue weighted by atomic mass is 9.71. The van der Waals surface area contributed by atoms with E-state index in [1.54, 1.807) is 0 Å². The van der Waals surface area contributed by atoms with Crippen molar-refractivity contribution in [2.45, 2.75) is 25.7 Å². The summed E-state index contributed by atoms with van der Waals surface area (Å²) in [6, 6.07) is 9.03. The third kappa shape index (κ3) is 3.75. The highest BCUT2D eigenvalue weighted by Crippen LogP contribution is 2.42. The Labute approximate surface area is 160 Å². The minimum atomic E-state index is 0.644. The van der Waals surface area contributed by atoms with Crippen molar-refractivity contribution < 1.29 is 0 Å². The highest BCUT2D eigenvalue weighted by Gasteiger charge is 2.45. The number of hydrogen-bond donors (Lipinski definition) is 0. The van der Waals surface area contributed by atoms with Gasteiger partial charge in [-0.25, -0.2) is 0 Å². The van der Waals surface area contributed by atoms with Gasteiger partial charge in [0.25, 0.3) is 0 Å². The molecule has 0 radical (unpaired) electrons. The van der Waals surface area contributed by atoms with Gasteiger partial charge in [-0.2, -0.15) is 0 Å². The van der Waals surface area contributed by atoms with Gasteiger partial charge >= 0.3 is 0 Å². The molecule has 0 unspecified atom stereocenters. The van der Waals surface area contributed by atoms with Crippen molar-refractivity contribution in [2.75, 3.05) is 57.8 Å². The predicted octanol–water partition coefficient (Wildman–Crippen LogP) is 3.54. The van der Waals surface area contributed by atoms with E-state index in [1.807, 2.05) is 0 Å². The first-order valence-corrected chi connectivity index (χ1v) is 10.6. The topological polar surface area (TPSA) is 9.72 Å². The lowest BCUT2D eigenvalue weighted by molar-refractivity contribution is -0.0320. The number of rotatable bonds is 3. The van der Waals surface area contributed by atoms with Gasteiger partial charge in [0.15, 0.2) is 0 Å². The quantitative estimate of drug-likeness (QED) is 0.668. The molecule has 1 aromatic rings. The Hall–Kier alpha value is -0.330. The Kier molecular flexibility index (Phi) is 5.07. The van der Waals surface area contributed by atoms with E-state index in [2.05, 4.69) is 68.6 Å². The lowest BCUT2D eigenvalue weighted by Gasteiger charge is -2.55. The zero-order chi connectivity index (χ0) is 16.6. The van der Waals surface area contributed by atoms with Crippen molar-refractivity contribution in [3.63, 3.8) is 0 Å². The summed E-state index contributed by atoms with van der Waals surface area (Å²) in [5.74, 6) is 0.949. The van der Waals surface area contributed by atoms with Crippen molar-refractivity contribution in [2.24, 2.45) is 11.3 Å². The summed E-state index contributed by atoms with van der Waals surface area (Å²) in [5, 5.41) is 0. The third-order valence-electron chi connectivity index (χ3n) is 6.49. The van der Waals surface area contributed by atoms with Crippen LogP contribution in [-0.2, 0) is 0 Å². The summed E-state index contributed by atoms with van der Waals surface area (Å²) in [6.45, 7) is 9.16. The molecule has 4 rings (SSSR count). The summed E-state index contributed by atoms with van der Waals surface area (Å²) >= 11 is 2.39. The first-order chi connectivity index (χ1) is 11.6. The highest BCUT2D eigenvalue weighted by molar-refractivity contribution is 14.1. The molecule has 0 bridgehead atoms. The highest BCUT2D eigenvalue weighted by atomic mass is 127. The van der Waals surface area contributed by atoms with Gasteiger partial charge in [-0.1, -0.05) is 0 Å². The van der Waals surface area contributed by atoms with Gasteiger partial charge < -0.3 is 14.7 Å². The van der Waals surface area contributed by atoms with Gasteiger partial charge in [0.05, 0.1) is 0 Å². The largest absolute Gasteiger partial charge is 0.371 e. The molecule has 0 N–H and O–H groups in total. The molecule has 3 heterocycles. The van der Waals surface area contributed by atoms with Crippen LogP contribution in [0.5, 0.6) is 0 Å². The van der Waals surface area contributed by atoms with E-state index < -0.39 is 0 Å². The van der Waals surface area contributed by atoms with Gasteiger partial charge in [0.2, 0.25) is 0 Å². The number of anilines is 1. The molecule has 0 amide bonds. The van der Waals surface area contributed by atoms with Crippen molar-refractivity contribution >= 4 is 28.3 Å². The Morgan fingerprint density at radius 1 is 1.00 bits per heavy atom. The molecule has 3 aliphatic rings. The first kappa shape index (κ1) is 17.1. The van der Waals surface area contributed by atoms with Crippen LogP contribution in [0, 0.1) is 14.9 Å². The molecular weight excluding hydrogens is 409 g/mol. The minimum Gasteiger partial charge on any atom is -0.371 e. The van der Waals surface area contributed by atoms with Crippen LogP contribution in [0.15, 0.2) is 24.3 Å². The molecule has 4 heteroatoms. The zero-order valence-corrected chi connectivity index (χ0v) is 17.0. The average Bonchev–Trinajstić information content (AvgIpc) is 2.57. The molecule has 3 fully saturated rings. The second kappa shape index (κ2) is 7.12. The Bertz CT molecular complexity index is 535. The summed E-state index contributed by atoms with van der Waals surface area (Å²) in [5.41, 5.74) is 2.05. The van der Waals surface area contributed by atoms with Gasteiger partial charge in [-0.05, 0) is 104 Å². The van der Waals surface area contributed by atoms with Crippen LogP contribution >= 0.6 is 22.6 Å². The lowest BCUT2D eigenvalue weighted by Crippen LogP contribution is -2.61. The van der Waals surface area contributed by atoms with Crippen LogP contribution in [0.1, 0.15) is 25.7 Å². The first-order valence-electron chi connectivity index (χ1n) is 9.53. The van der Waals surface area contributed by atoms with Crippen molar-refractivity contribution in [1.29, 1.82) is 0 Å². The van der Waals surface area contributed by atoms with Crippen LogP contribution in [0.4, 0.5) is 5.69 Å². The number of likely N-dealkylation sites (tertiary alicyclic amines) is 2. The van der Waals surface area contributed by atoms with E-state index in [4.69, 9.17) is 0 Å². The minimum absolute atomic E-state index is 0.644. The summed E-state index contributed by atoms with van der Waals surface area (Å²) in [6.07, 6.45) is 5.56. The molecule has 132 valence electrons. The monoisotopic (exact) mass is 439 g/mol. The summed E-state index contributed by atoms with van der Waals surface area (Å²) in [4.78, 5) is 7.81. The number of piperidine rings is 2. The zero-order valence-electron chi connectivity index (χ0n) is 14.9. The molecule has 0 aliphatic carbocycles. The van der Waals surface area contributed by atoms with E-state index in [1.165, 1.54) is 80.8 Å². The van der Waals surface area contributed by atoms with E-state index in [9.17, 15) is 0 Å². The van der Waals surface area contributed by atoms with Crippen LogP contribution in [0.2, 0.25) is 0 Å². The normalized spacial score (nSPS) is 25.8. The number of nitrogens with zero attached hydrogens (tertiary/aromatic N) is 3. The Morgan fingerprint density at radius 3 is 2.25 bits per heavy atom. The predicted molar refractivity (Wildman–Crippen MR) is 110 cm³/mol. The van der Waals surface area contributed by atoms with E-state index in [0.717, 1.165) is 5.92 Å². The van der Waals surface area contributed by atoms with Crippen molar-refractivity contribution in [3.8, 4) is 0 Å². The van der Waals surface area contributed by atoms with Gasteiger partial charge in [0.1, 0.15) is 0 Å². The fourth-order valence-electron chi connectivity index (χ4n) is 4.85. The maximum Gasteiger partial charge on any atom is 0.0366 e. The maximum atomic E-state index is 2.75. The SMILES string of the molecule is CN1CCC(CN2CC3(CCN(c4ccc(I)cc4)CC3)C2)CC1. The average molecular weight is 439 g/mol. The van der Waals surface area contributed by atoms with Crippen molar-refractivity contribution in [3.05, 3.63) is 27.8 Å². The van der Waals surface area contributed by atoms with E-state index in [0.29, 0.717) is 5.41 Å². The summed E-state index contributed by atoms with van der Waals surface area (Å²) < 4.78 is 1.33. The molecule has 24 heavy (non-hydrogen) atoms. The van der Waals surface area contributed by atoms with Crippen LogP contribution < -0.4 is 4.90 Å². The van der Waals surface area contributed by atoms with Gasteiger partial charge in [0, 0.05) is 42.0 Å². The Morgan fingerprint density at radius 2 is 1.62 bits per heavy atom. The fourth-order valence-corrected chi connectivity index (χ4v) is 5.21. The number of hydrogen-bond acceptors (Lipinski definition) is 3. The molecule has 3 saturated heterocycles. The van der Waals surface area contributed by atoms with Crippen LogP contribution in [0.25, 0.3) is 0 Å². The van der Waals surface area contributed by atoms with Crippen molar-refractivity contribution in [1.82, 2.24) is 9.80 Å². The van der Waals surface area contributed by atoms with Crippen LogP contribution in [-0.4, -0.2) is 62.7 Å². The molecule has 0 atom stereocenters. The van der Waals surface area contributed by atoms with Crippen LogP contribution in [0.3, 0.4) is 0 Å². The smallest absolute Gasteiger partial charge is 0.0366 e. The van der Waals surface area contributed by atoms with Gasteiger partial charge in [-0.3, -0.25) is 0 Å². The number of halogens is 1. The number of benzene rings is 1. The second-order valence-electron chi connectivity index (χ2n) is 8.38. The standard InChI is InChI=1S/C20H30IN3/c1-22-10-6-17(7-11-22)14-23-15-20(16-23)8-12-24(13-9-20)19-4-2-18(21)3-5-19/h2-5,17H,6-16H2,1H3. The molecular formula is C20H30IN3. The molecule has 0 saturated carbocycles. The van der Waals surface area contributed by atoms with E-state index >= 15 is 0 Å². The molecule has 1 spiro atoms. The third-order valence-corrected chi connectivity index (χ3v) is 7.21. The fraction of sp³-hybridized carbons (Fsp3) is 0.700. The molecule has 3 nitrogen and oxygen atoms in total. The summed E-state index contributed by atoms with van der Waals surface area (Å²) in [7, 11) is 2.26. The second-order valence-corrected chi connectivity index (χ2v) is 9.63. The van der Waals surface area contributed by atoms with Gasteiger partial charge in [-0.15, -0.1) is 0 Å². The molecule has 1 aromatic carbocycles. The molecule has 3 aliphatic heterocycles.